The van der Waals surface area contributed by atoms with Gasteiger partial charge in [0.2, 0.25) is 0 Å². The number of hydrogen-bond acceptors (Lipinski definition) is 2. The summed E-state index contributed by atoms with van der Waals surface area (Å²) in [5.41, 5.74) is 0.374. The molecule has 66 valence electrons. The Labute approximate surface area is 71.3 Å². The lowest BCUT2D eigenvalue weighted by Crippen LogP contribution is -2.16. The number of aromatic nitrogens is 1. The summed E-state index contributed by atoms with van der Waals surface area (Å²) in [6, 6.07) is 1.77. The Morgan fingerprint density at radius 3 is 2.58 bits per heavy atom. The van der Waals surface area contributed by atoms with Gasteiger partial charge in [-0.25, -0.2) is 0 Å². The van der Waals surface area contributed by atoms with Gasteiger partial charge in [0.25, 0.3) is 5.56 Å². The number of hydrogen-bond donors (Lipinski definition) is 1. The zero-order valence-corrected chi connectivity index (χ0v) is 7.53. The van der Waals surface area contributed by atoms with Crippen molar-refractivity contribution in [3.05, 3.63) is 28.2 Å². The molecule has 3 heteroatoms. The van der Waals surface area contributed by atoms with Gasteiger partial charge in [0, 0.05) is 18.8 Å². The van der Waals surface area contributed by atoms with Gasteiger partial charge < -0.3 is 9.67 Å². The molecule has 0 saturated heterocycles. The average molecular weight is 167 g/mol. The molecular formula is C9H13NO2. The molecule has 0 aromatic carbocycles. The molecule has 0 unspecified atom stereocenters. The van der Waals surface area contributed by atoms with Gasteiger partial charge in [-0.1, -0.05) is 13.8 Å². The Kier molecular flexibility index (Phi) is 2.22. The molecule has 0 amide bonds. The standard InChI is InChI=1S/C9H13NO2/c1-6(2)7-4-5-10(3)9(12)8(7)11/h4-6,11H,1-3H3. The predicted molar refractivity (Wildman–Crippen MR) is 47.4 cm³/mol. The Morgan fingerprint density at radius 2 is 2.08 bits per heavy atom. The maximum Gasteiger partial charge on any atom is 0.292 e. The summed E-state index contributed by atoms with van der Waals surface area (Å²) < 4.78 is 1.36. The van der Waals surface area contributed by atoms with Gasteiger partial charge in [-0.05, 0) is 12.0 Å². The quantitative estimate of drug-likeness (QED) is 0.683. The molecule has 1 heterocycles. The summed E-state index contributed by atoms with van der Waals surface area (Å²) in [6.45, 7) is 3.88. The predicted octanol–water partition coefficient (Wildman–Crippen LogP) is 1.21. The van der Waals surface area contributed by atoms with E-state index in [1.54, 1.807) is 19.3 Å². The first-order chi connectivity index (χ1) is 5.54. The fourth-order valence-electron chi connectivity index (χ4n) is 1.10. The van der Waals surface area contributed by atoms with Crippen LogP contribution in [0.4, 0.5) is 0 Å². The number of pyridine rings is 1. The summed E-state index contributed by atoms with van der Waals surface area (Å²) in [5, 5.41) is 9.42. The first kappa shape index (κ1) is 8.84. The van der Waals surface area contributed by atoms with Crippen molar-refractivity contribution >= 4 is 0 Å². The van der Waals surface area contributed by atoms with Crippen LogP contribution in [0.2, 0.25) is 0 Å². The molecule has 0 saturated carbocycles. The number of nitrogens with zero attached hydrogens (tertiary/aromatic N) is 1. The van der Waals surface area contributed by atoms with E-state index >= 15 is 0 Å². The van der Waals surface area contributed by atoms with Gasteiger partial charge in [0.1, 0.15) is 0 Å². The summed E-state index contributed by atoms with van der Waals surface area (Å²) >= 11 is 0. The van der Waals surface area contributed by atoms with Gasteiger partial charge >= 0.3 is 0 Å². The lowest BCUT2D eigenvalue weighted by atomic mass is 10.0. The number of rotatable bonds is 1. The van der Waals surface area contributed by atoms with Crippen LogP contribution < -0.4 is 5.56 Å². The van der Waals surface area contributed by atoms with Gasteiger partial charge in [-0.15, -0.1) is 0 Å². The van der Waals surface area contributed by atoms with E-state index in [0.717, 1.165) is 0 Å². The van der Waals surface area contributed by atoms with E-state index in [9.17, 15) is 9.90 Å². The van der Waals surface area contributed by atoms with Crippen molar-refractivity contribution in [1.82, 2.24) is 4.57 Å². The second kappa shape index (κ2) is 3.01. The minimum atomic E-state index is -0.332. The molecule has 1 N–H and O–H groups in total. The third-order valence-electron chi connectivity index (χ3n) is 1.90. The van der Waals surface area contributed by atoms with Gasteiger partial charge in [0.05, 0.1) is 0 Å². The molecule has 1 aromatic rings. The lowest BCUT2D eigenvalue weighted by Gasteiger charge is -2.07. The van der Waals surface area contributed by atoms with E-state index < -0.39 is 0 Å². The van der Waals surface area contributed by atoms with Crippen LogP contribution >= 0.6 is 0 Å². The van der Waals surface area contributed by atoms with Crippen molar-refractivity contribution in [3.8, 4) is 5.75 Å². The highest BCUT2D eigenvalue weighted by molar-refractivity contribution is 5.31. The molecule has 1 aromatic heterocycles. The molecule has 0 radical (unpaired) electrons. The zero-order chi connectivity index (χ0) is 9.30. The fraction of sp³-hybridized carbons (Fsp3) is 0.444. The van der Waals surface area contributed by atoms with Crippen molar-refractivity contribution in [2.75, 3.05) is 0 Å². The fourth-order valence-corrected chi connectivity index (χ4v) is 1.10. The molecule has 0 bridgehead atoms. The Hall–Kier alpha value is -1.25. The molecule has 0 spiro atoms. The summed E-state index contributed by atoms with van der Waals surface area (Å²) in [5.74, 6) is 0.0499. The molecule has 0 aliphatic rings. The minimum Gasteiger partial charge on any atom is -0.503 e. The highest BCUT2D eigenvalue weighted by Crippen LogP contribution is 2.20. The first-order valence-electron chi connectivity index (χ1n) is 3.92. The third kappa shape index (κ3) is 1.35. The SMILES string of the molecule is CC(C)c1ccn(C)c(=O)c1O. The largest absolute Gasteiger partial charge is 0.503 e. The molecular weight excluding hydrogens is 154 g/mol. The second-order valence-corrected chi connectivity index (χ2v) is 3.19. The monoisotopic (exact) mass is 167 g/mol. The van der Waals surface area contributed by atoms with Crippen LogP contribution in [0.3, 0.4) is 0 Å². The molecule has 12 heavy (non-hydrogen) atoms. The zero-order valence-electron chi connectivity index (χ0n) is 7.53. The van der Waals surface area contributed by atoms with Crippen LogP contribution in [0.15, 0.2) is 17.1 Å². The molecule has 0 aliphatic heterocycles. The summed E-state index contributed by atoms with van der Waals surface area (Å²) in [7, 11) is 1.62. The van der Waals surface area contributed by atoms with Gasteiger partial charge in [-0.2, -0.15) is 0 Å². The first-order valence-corrected chi connectivity index (χ1v) is 3.92. The van der Waals surface area contributed by atoms with E-state index in [0.29, 0.717) is 5.56 Å². The number of aromatic hydroxyl groups is 1. The highest BCUT2D eigenvalue weighted by atomic mass is 16.3. The topological polar surface area (TPSA) is 42.2 Å². The second-order valence-electron chi connectivity index (χ2n) is 3.19. The van der Waals surface area contributed by atoms with Crippen LogP contribution in [0.5, 0.6) is 5.75 Å². The maximum absolute atomic E-state index is 11.2. The van der Waals surface area contributed by atoms with Crippen LogP contribution in [-0.2, 0) is 7.05 Å². The van der Waals surface area contributed by atoms with Crippen LogP contribution in [0, 0.1) is 0 Å². The van der Waals surface area contributed by atoms with E-state index in [2.05, 4.69) is 0 Å². The van der Waals surface area contributed by atoms with Crippen LogP contribution in [0.1, 0.15) is 25.3 Å². The van der Waals surface area contributed by atoms with Crippen molar-refractivity contribution < 1.29 is 5.11 Å². The lowest BCUT2D eigenvalue weighted by molar-refractivity contribution is 0.450. The third-order valence-corrected chi connectivity index (χ3v) is 1.90. The molecule has 3 nitrogen and oxygen atoms in total. The molecule has 0 atom stereocenters. The molecule has 0 aliphatic carbocycles. The van der Waals surface area contributed by atoms with E-state index in [1.807, 2.05) is 13.8 Å². The average Bonchev–Trinajstić information content (AvgIpc) is 2.00. The van der Waals surface area contributed by atoms with Crippen molar-refractivity contribution in [2.24, 2.45) is 7.05 Å². The number of aryl methyl sites for hydroxylation is 1. The summed E-state index contributed by atoms with van der Waals surface area (Å²) in [4.78, 5) is 11.2. The van der Waals surface area contributed by atoms with Crippen molar-refractivity contribution in [1.29, 1.82) is 0 Å². The normalized spacial score (nSPS) is 10.7. The Balaban J connectivity index is 3.37. The van der Waals surface area contributed by atoms with E-state index in [4.69, 9.17) is 0 Å². The van der Waals surface area contributed by atoms with E-state index in [1.165, 1.54) is 4.57 Å². The maximum atomic E-state index is 11.2. The Bertz CT molecular complexity index is 339. The molecule has 0 fully saturated rings. The van der Waals surface area contributed by atoms with Crippen molar-refractivity contribution in [3.63, 3.8) is 0 Å². The minimum absolute atomic E-state index is 0.130. The van der Waals surface area contributed by atoms with Gasteiger partial charge in [0.15, 0.2) is 5.75 Å². The summed E-state index contributed by atoms with van der Waals surface area (Å²) in [6.07, 6.45) is 1.66. The highest BCUT2D eigenvalue weighted by Gasteiger charge is 2.09. The van der Waals surface area contributed by atoms with Gasteiger partial charge in [-0.3, -0.25) is 4.79 Å². The molecule has 1 rings (SSSR count). The Morgan fingerprint density at radius 1 is 1.50 bits per heavy atom. The van der Waals surface area contributed by atoms with Crippen LogP contribution in [-0.4, -0.2) is 9.67 Å². The van der Waals surface area contributed by atoms with Crippen LogP contribution in [0.25, 0.3) is 0 Å². The van der Waals surface area contributed by atoms with Crippen molar-refractivity contribution in [2.45, 2.75) is 19.8 Å². The smallest absolute Gasteiger partial charge is 0.292 e. The van der Waals surface area contributed by atoms with E-state index in [-0.39, 0.29) is 17.2 Å².